The summed E-state index contributed by atoms with van der Waals surface area (Å²) in [5.74, 6) is 1.32. The third kappa shape index (κ3) is 1.73. The molecule has 4 heteroatoms. The van der Waals surface area contributed by atoms with E-state index in [1.807, 2.05) is 0 Å². The highest BCUT2D eigenvalue weighted by atomic mass is 16.5. The van der Waals surface area contributed by atoms with Crippen LogP contribution in [-0.2, 0) is 4.74 Å². The van der Waals surface area contributed by atoms with Crippen LogP contribution in [0.1, 0.15) is 45.4 Å². The molecule has 102 valence electrons. The van der Waals surface area contributed by atoms with Crippen LogP contribution >= 0.6 is 0 Å². The molecule has 1 saturated heterocycles. The highest BCUT2D eigenvalue weighted by molar-refractivity contribution is 5.78. The van der Waals surface area contributed by atoms with Crippen molar-refractivity contribution in [2.45, 2.75) is 57.6 Å². The van der Waals surface area contributed by atoms with Crippen LogP contribution in [0.25, 0.3) is 0 Å². The van der Waals surface area contributed by atoms with Gasteiger partial charge in [0.15, 0.2) is 5.96 Å². The second-order valence-corrected chi connectivity index (χ2v) is 6.07. The van der Waals surface area contributed by atoms with E-state index in [-0.39, 0.29) is 0 Å². The van der Waals surface area contributed by atoms with Crippen molar-refractivity contribution >= 4 is 5.96 Å². The molecule has 3 unspecified atom stereocenters. The highest BCUT2D eigenvalue weighted by Gasteiger charge is 2.66. The molecular weight excluding hydrogens is 226 g/mol. The van der Waals surface area contributed by atoms with E-state index in [1.165, 1.54) is 32.1 Å². The van der Waals surface area contributed by atoms with Crippen molar-refractivity contribution in [2.75, 3.05) is 13.2 Å². The summed E-state index contributed by atoms with van der Waals surface area (Å²) in [6.07, 6.45) is 7.93. The van der Waals surface area contributed by atoms with Crippen molar-refractivity contribution in [2.24, 2.45) is 22.1 Å². The van der Waals surface area contributed by atoms with Gasteiger partial charge in [0.25, 0.3) is 0 Å². The summed E-state index contributed by atoms with van der Waals surface area (Å²) < 4.78 is 5.90. The summed E-state index contributed by atoms with van der Waals surface area (Å²) in [7, 11) is 0. The molecule has 0 radical (unpaired) electrons. The Balaban J connectivity index is 1.60. The lowest BCUT2D eigenvalue weighted by Gasteiger charge is -2.63. The molecule has 0 amide bonds. The first-order valence-corrected chi connectivity index (χ1v) is 7.46. The molecule has 0 aromatic carbocycles. The van der Waals surface area contributed by atoms with Crippen LogP contribution < -0.4 is 11.1 Å². The first-order chi connectivity index (χ1) is 8.78. The van der Waals surface area contributed by atoms with E-state index >= 15 is 0 Å². The summed E-state index contributed by atoms with van der Waals surface area (Å²) in [4.78, 5) is 4.42. The molecule has 3 N–H and O–H groups in total. The summed E-state index contributed by atoms with van der Waals surface area (Å²) in [6.45, 7) is 3.96. The fraction of sp³-hybridized carbons (Fsp3) is 0.929. The Bertz CT molecular complexity index is 338. The SMILES string of the molecule is CCCCN=C(N)NC1C2CCOC2C12CCC2. The van der Waals surface area contributed by atoms with Crippen LogP contribution in [0.3, 0.4) is 0 Å². The van der Waals surface area contributed by atoms with E-state index in [0.29, 0.717) is 29.4 Å². The molecule has 2 saturated carbocycles. The number of ether oxygens (including phenoxy) is 1. The topological polar surface area (TPSA) is 59.6 Å². The quantitative estimate of drug-likeness (QED) is 0.454. The number of rotatable bonds is 4. The normalized spacial score (nSPS) is 36.9. The third-order valence-corrected chi connectivity index (χ3v) is 5.13. The van der Waals surface area contributed by atoms with E-state index in [9.17, 15) is 0 Å². The molecule has 3 atom stereocenters. The number of hydrogen-bond donors (Lipinski definition) is 2. The molecule has 0 bridgehead atoms. The summed E-state index contributed by atoms with van der Waals surface area (Å²) >= 11 is 0. The van der Waals surface area contributed by atoms with Gasteiger partial charge in [-0.1, -0.05) is 19.8 Å². The Morgan fingerprint density at radius 1 is 1.50 bits per heavy atom. The largest absolute Gasteiger partial charge is 0.377 e. The fourth-order valence-corrected chi connectivity index (χ4v) is 4.02. The van der Waals surface area contributed by atoms with Gasteiger partial charge in [-0.25, -0.2) is 0 Å². The van der Waals surface area contributed by atoms with E-state index in [4.69, 9.17) is 10.5 Å². The number of fused-ring (bicyclic) bond motifs is 2. The molecule has 1 heterocycles. The van der Waals surface area contributed by atoms with Crippen molar-refractivity contribution in [1.29, 1.82) is 0 Å². The molecule has 0 aromatic heterocycles. The number of guanidine groups is 1. The molecule has 1 spiro atoms. The predicted molar refractivity (Wildman–Crippen MR) is 72.5 cm³/mol. The van der Waals surface area contributed by atoms with Gasteiger partial charge in [-0.15, -0.1) is 0 Å². The zero-order chi connectivity index (χ0) is 12.6. The molecule has 1 aliphatic heterocycles. The minimum absolute atomic E-state index is 0.395. The molecule has 3 fully saturated rings. The van der Waals surface area contributed by atoms with Gasteiger partial charge < -0.3 is 15.8 Å². The Morgan fingerprint density at radius 3 is 3.00 bits per heavy atom. The zero-order valence-electron chi connectivity index (χ0n) is 11.3. The van der Waals surface area contributed by atoms with Crippen LogP contribution in [0.4, 0.5) is 0 Å². The highest BCUT2D eigenvalue weighted by Crippen LogP contribution is 2.62. The lowest BCUT2D eigenvalue weighted by molar-refractivity contribution is -0.171. The molecule has 3 aliphatic rings. The van der Waals surface area contributed by atoms with E-state index in [1.54, 1.807) is 0 Å². The van der Waals surface area contributed by atoms with Crippen LogP contribution in [0.2, 0.25) is 0 Å². The average molecular weight is 251 g/mol. The second kappa shape index (κ2) is 4.72. The maximum atomic E-state index is 6.01. The maximum absolute atomic E-state index is 6.01. The van der Waals surface area contributed by atoms with Crippen molar-refractivity contribution in [3.63, 3.8) is 0 Å². The average Bonchev–Trinajstić information content (AvgIpc) is 2.70. The minimum Gasteiger partial charge on any atom is -0.377 e. The molecule has 4 nitrogen and oxygen atoms in total. The Morgan fingerprint density at radius 2 is 2.33 bits per heavy atom. The van der Waals surface area contributed by atoms with Gasteiger partial charge in [0, 0.05) is 30.5 Å². The van der Waals surface area contributed by atoms with Crippen molar-refractivity contribution in [3.05, 3.63) is 0 Å². The zero-order valence-corrected chi connectivity index (χ0v) is 11.3. The van der Waals surface area contributed by atoms with Gasteiger partial charge in [0.1, 0.15) is 0 Å². The molecule has 3 rings (SSSR count). The van der Waals surface area contributed by atoms with Gasteiger partial charge in [0.2, 0.25) is 0 Å². The Kier molecular flexibility index (Phi) is 3.22. The lowest BCUT2D eigenvalue weighted by Crippen LogP contribution is -2.72. The number of nitrogens with one attached hydrogen (secondary N) is 1. The smallest absolute Gasteiger partial charge is 0.188 e. The van der Waals surface area contributed by atoms with Crippen molar-refractivity contribution < 1.29 is 4.74 Å². The van der Waals surface area contributed by atoms with Crippen LogP contribution in [0, 0.1) is 11.3 Å². The molecule has 18 heavy (non-hydrogen) atoms. The first-order valence-electron chi connectivity index (χ1n) is 7.46. The number of hydrogen-bond acceptors (Lipinski definition) is 2. The Hall–Kier alpha value is -0.770. The maximum Gasteiger partial charge on any atom is 0.188 e. The van der Waals surface area contributed by atoms with Gasteiger partial charge in [-0.05, 0) is 25.7 Å². The molecule has 0 aromatic rings. The molecular formula is C14H25N3O. The summed E-state index contributed by atoms with van der Waals surface area (Å²) in [5.41, 5.74) is 6.40. The van der Waals surface area contributed by atoms with E-state index < -0.39 is 0 Å². The van der Waals surface area contributed by atoms with Crippen LogP contribution in [0.5, 0.6) is 0 Å². The number of unbranched alkanes of at least 4 members (excludes halogenated alkanes) is 1. The Labute approximate surface area is 109 Å². The predicted octanol–water partition coefficient (Wildman–Crippen LogP) is 1.65. The van der Waals surface area contributed by atoms with Gasteiger partial charge in [-0.2, -0.15) is 0 Å². The van der Waals surface area contributed by atoms with Crippen LogP contribution in [-0.4, -0.2) is 31.3 Å². The summed E-state index contributed by atoms with van der Waals surface area (Å²) in [5, 5.41) is 3.49. The van der Waals surface area contributed by atoms with E-state index in [2.05, 4.69) is 17.2 Å². The summed E-state index contributed by atoms with van der Waals surface area (Å²) in [6, 6.07) is 0.518. The number of nitrogens with two attached hydrogens (primary N) is 1. The number of nitrogens with zero attached hydrogens (tertiary/aromatic N) is 1. The van der Waals surface area contributed by atoms with Crippen molar-refractivity contribution in [3.8, 4) is 0 Å². The second-order valence-electron chi connectivity index (χ2n) is 6.07. The lowest BCUT2D eigenvalue weighted by atomic mass is 9.46. The van der Waals surface area contributed by atoms with E-state index in [0.717, 1.165) is 19.6 Å². The van der Waals surface area contributed by atoms with Gasteiger partial charge in [0.05, 0.1) is 6.10 Å². The number of aliphatic imine (C=N–C) groups is 1. The first kappa shape index (κ1) is 12.3. The van der Waals surface area contributed by atoms with Gasteiger partial charge in [-0.3, -0.25) is 4.99 Å². The minimum atomic E-state index is 0.395. The standard InChI is InChI=1S/C14H25N3O/c1-2-3-8-16-13(15)17-11-10-5-9-18-12(10)14(11)6-4-7-14/h10-12H,2-9H2,1H3,(H3,15,16,17). The fourth-order valence-electron chi connectivity index (χ4n) is 4.02. The third-order valence-electron chi connectivity index (χ3n) is 5.13. The van der Waals surface area contributed by atoms with Gasteiger partial charge >= 0.3 is 0 Å². The van der Waals surface area contributed by atoms with Crippen LogP contribution in [0.15, 0.2) is 4.99 Å². The van der Waals surface area contributed by atoms with Crippen molar-refractivity contribution in [1.82, 2.24) is 5.32 Å². The monoisotopic (exact) mass is 251 g/mol. The molecule has 2 aliphatic carbocycles.